The van der Waals surface area contributed by atoms with E-state index in [0.29, 0.717) is 25.7 Å². The van der Waals surface area contributed by atoms with E-state index in [1.165, 1.54) is 0 Å². The minimum absolute atomic E-state index is 0.174. The fraction of sp³-hybridized carbons (Fsp3) is 0.941. The summed E-state index contributed by atoms with van der Waals surface area (Å²) in [6.07, 6.45) is -0.174. The predicted octanol–water partition coefficient (Wildman–Crippen LogP) is 3.20. The fourth-order valence-corrected chi connectivity index (χ4v) is 1.71. The van der Waals surface area contributed by atoms with Gasteiger partial charge < -0.3 is 18.9 Å². The van der Waals surface area contributed by atoms with Crippen LogP contribution in [0.1, 0.15) is 55.4 Å². The van der Waals surface area contributed by atoms with Gasteiger partial charge in [-0.05, 0) is 47.5 Å². The highest BCUT2D eigenvalue weighted by Gasteiger charge is 2.32. The second-order valence-corrected chi connectivity index (χ2v) is 7.47. The molecular formula is C17H34O5. The molecule has 0 amide bonds. The number of hydrogen-bond acceptors (Lipinski definition) is 5. The minimum Gasteiger partial charge on any atom is -0.461 e. The molecule has 1 atom stereocenters. The van der Waals surface area contributed by atoms with Gasteiger partial charge in [-0.1, -0.05) is 13.8 Å². The Morgan fingerprint density at radius 3 is 2.05 bits per heavy atom. The molecule has 0 saturated heterocycles. The molecule has 5 nitrogen and oxygen atoms in total. The molecule has 0 aliphatic rings. The molecule has 0 aromatic rings. The number of rotatable bonds is 10. The maximum atomic E-state index is 12.1. The number of ether oxygens (including phenoxy) is 4. The first-order valence-electron chi connectivity index (χ1n) is 8.01. The topological polar surface area (TPSA) is 54.0 Å². The molecule has 0 N–H and O–H groups in total. The molecule has 0 radical (unpaired) electrons. The van der Waals surface area contributed by atoms with E-state index in [4.69, 9.17) is 18.9 Å². The molecule has 0 rings (SSSR count). The van der Waals surface area contributed by atoms with Crippen molar-refractivity contribution in [3.05, 3.63) is 0 Å². The minimum atomic E-state index is -0.998. The summed E-state index contributed by atoms with van der Waals surface area (Å²) in [4.78, 5) is 12.1. The van der Waals surface area contributed by atoms with Gasteiger partial charge in [0, 0.05) is 6.61 Å². The van der Waals surface area contributed by atoms with Crippen LogP contribution in [0.4, 0.5) is 0 Å². The van der Waals surface area contributed by atoms with Crippen LogP contribution in [0.15, 0.2) is 0 Å². The highest BCUT2D eigenvalue weighted by atomic mass is 16.6. The summed E-state index contributed by atoms with van der Waals surface area (Å²) < 4.78 is 22.0. The van der Waals surface area contributed by atoms with Crippen molar-refractivity contribution in [3.63, 3.8) is 0 Å². The average Bonchev–Trinajstić information content (AvgIpc) is 2.31. The van der Waals surface area contributed by atoms with Gasteiger partial charge in [0.2, 0.25) is 0 Å². The molecule has 132 valence electrons. The lowest BCUT2D eigenvalue weighted by molar-refractivity contribution is -0.179. The summed E-state index contributed by atoms with van der Waals surface area (Å²) in [6, 6.07) is 0. The zero-order chi connectivity index (χ0) is 17.4. The normalized spacial score (nSPS) is 14.2. The van der Waals surface area contributed by atoms with E-state index in [1.54, 1.807) is 13.8 Å². The van der Waals surface area contributed by atoms with Crippen LogP contribution in [-0.2, 0) is 23.7 Å². The van der Waals surface area contributed by atoms with Gasteiger partial charge in [0.25, 0.3) is 0 Å². The van der Waals surface area contributed by atoms with E-state index in [1.807, 2.05) is 27.7 Å². The lowest BCUT2D eigenvalue weighted by atomic mass is 10.1. The van der Waals surface area contributed by atoms with Crippen LogP contribution >= 0.6 is 0 Å². The summed E-state index contributed by atoms with van der Waals surface area (Å²) in [6.45, 7) is 17.1. The summed E-state index contributed by atoms with van der Waals surface area (Å²) in [5.41, 5.74) is -1.23. The first kappa shape index (κ1) is 21.4. The Kier molecular flexibility index (Phi) is 9.20. The lowest BCUT2D eigenvalue weighted by Crippen LogP contribution is -2.41. The first-order chi connectivity index (χ1) is 9.94. The molecule has 0 aromatic heterocycles. The van der Waals surface area contributed by atoms with Crippen molar-refractivity contribution in [2.45, 2.75) is 72.7 Å². The predicted molar refractivity (Wildman–Crippen MR) is 86.9 cm³/mol. The van der Waals surface area contributed by atoms with Gasteiger partial charge >= 0.3 is 5.97 Å². The van der Waals surface area contributed by atoms with Gasteiger partial charge in [-0.25, -0.2) is 4.79 Å². The van der Waals surface area contributed by atoms with Crippen molar-refractivity contribution in [1.29, 1.82) is 0 Å². The van der Waals surface area contributed by atoms with E-state index in [0.717, 1.165) is 0 Å². The van der Waals surface area contributed by atoms with E-state index < -0.39 is 5.60 Å². The van der Waals surface area contributed by atoms with Crippen molar-refractivity contribution in [2.24, 2.45) is 5.92 Å². The summed E-state index contributed by atoms with van der Waals surface area (Å²) in [7, 11) is 0. The average molecular weight is 318 g/mol. The monoisotopic (exact) mass is 318 g/mol. The SMILES string of the molecule is CC(C)COCC(C)OC(C)(C)C(=O)OCCOC(C)(C)C. The van der Waals surface area contributed by atoms with Crippen molar-refractivity contribution < 1.29 is 23.7 Å². The van der Waals surface area contributed by atoms with E-state index >= 15 is 0 Å². The Morgan fingerprint density at radius 2 is 1.55 bits per heavy atom. The molecule has 0 spiro atoms. The Hall–Kier alpha value is -0.650. The summed E-state index contributed by atoms with van der Waals surface area (Å²) in [5, 5.41) is 0. The van der Waals surface area contributed by atoms with Crippen LogP contribution in [0, 0.1) is 5.92 Å². The summed E-state index contributed by atoms with van der Waals surface area (Å²) in [5.74, 6) is 0.0914. The van der Waals surface area contributed by atoms with Gasteiger partial charge in [0.05, 0.1) is 24.9 Å². The molecule has 0 heterocycles. The highest BCUT2D eigenvalue weighted by molar-refractivity contribution is 5.78. The van der Waals surface area contributed by atoms with Crippen LogP contribution in [0.3, 0.4) is 0 Å². The Bertz CT molecular complexity index is 318. The maximum absolute atomic E-state index is 12.1. The maximum Gasteiger partial charge on any atom is 0.337 e. The number of carbonyl (C=O) groups excluding carboxylic acids is 1. The van der Waals surface area contributed by atoms with Crippen LogP contribution in [-0.4, -0.2) is 49.7 Å². The first-order valence-corrected chi connectivity index (χ1v) is 8.01. The van der Waals surface area contributed by atoms with Gasteiger partial charge in [-0.15, -0.1) is 0 Å². The molecule has 0 aromatic carbocycles. The standard InChI is InChI=1S/C17H34O5/c1-13(2)11-19-12-14(3)22-17(7,8)15(18)20-9-10-21-16(4,5)6/h13-14H,9-12H2,1-8H3. The molecule has 0 fully saturated rings. The van der Waals surface area contributed by atoms with Crippen LogP contribution in [0.2, 0.25) is 0 Å². The molecular weight excluding hydrogens is 284 g/mol. The third kappa shape index (κ3) is 11.0. The third-order valence-electron chi connectivity index (χ3n) is 2.64. The molecule has 0 bridgehead atoms. The van der Waals surface area contributed by atoms with Crippen LogP contribution in [0.5, 0.6) is 0 Å². The quantitative estimate of drug-likeness (QED) is 0.457. The molecule has 0 aliphatic heterocycles. The van der Waals surface area contributed by atoms with Crippen molar-refractivity contribution >= 4 is 5.97 Å². The van der Waals surface area contributed by atoms with Gasteiger partial charge in [0.15, 0.2) is 5.60 Å². The Morgan fingerprint density at radius 1 is 0.955 bits per heavy atom. The lowest BCUT2D eigenvalue weighted by Gasteiger charge is -2.27. The highest BCUT2D eigenvalue weighted by Crippen LogP contribution is 2.15. The van der Waals surface area contributed by atoms with Crippen LogP contribution in [0.25, 0.3) is 0 Å². The second-order valence-electron chi connectivity index (χ2n) is 7.47. The van der Waals surface area contributed by atoms with E-state index in [2.05, 4.69) is 13.8 Å². The largest absolute Gasteiger partial charge is 0.461 e. The van der Waals surface area contributed by atoms with Gasteiger partial charge in [-0.2, -0.15) is 0 Å². The van der Waals surface area contributed by atoms with E-state index in [-0.39, 0.29) is 24.3 Å². The molecule has 0 saturated carbocycles. The van der Waals surface area contributed by atoms with Gasteiger partial charge in [0.1, 0.15) is 6.61 Å². The van der Waals surface area contributed by atoms with Crippen LogP contribution < -0.4 is 0 Å². The summed E-state index contributed by atoms with van der Waals surface area (Å²) >= 11 is 0. The van der Waals surface area contributed by atoms with Gasteiger partial charge in [-0.3, -0.25) is 0 Å². The zero-order valence-electron chi connectivity index (χ0n) is 15.5. The smallest absolute Gasteiger partial charge is 0.337 e. The number of hydrogen-bond donors (Lipinski definition) is 0. The third-order valence-corrected chi connectivity index (χ3v) is 2.64. The van der Waals surface area contributed by atoms with Crippen molar-refractivity contribution in [1.82, 2.24) is 0 Å². The number of carbonyl (C=O) groups is 1. The van der Waals surface area contributed by atoms with Crippen molar-refractivity contribution in [2.75, 3.05) is 26.4 Å². The molecule has 1 unspecified atom stereocenters. The zero-order valence-corrected chi connectivity index (χ0v) is 15.5. The molecule has 0 aliphatic carbocycles. The van der Waals surface area contributed by atoms with E-state index in [9.17, 15) is 4.79 Å². The number of esters is 1. The Labute approximate surface area is 135 Å². The molecule has 22 heavy (non-hydrogen) atoms. The molecule has 5 heteroatoms. The Balaban J connectivity index is 4.05. The fourth-order valence-electron chi connectivity index (χ4n) is 1.71. The van der Waals surface area contributed by atoms with Crippen molar-refractivity contribution in [3.8, 4) is 0 Å². The second kappa shape index (κ2) is 9.48.